The molecule has 0 N–H and O–H groups in total. The summed E-state index contributed by atoms with van der Waals surface area (Å²) in [4.78, 5) is 11.2. The van der Waals surface area contributed by atoms with Crippen molar-refractivity contribution in [3.8, 4) is 5.88 Å². The number of hydrogen-bond donors (Lipinski definition) is 0. The van der Waals surface area contributed by atoms with E-state index in [4.69, 9.17) is 9.47 Å². The van der Waals surface area contributed by atoms with Crippen molar-refractivity contribution in [2.24, 2.45) is 0 Å². The van der Waals surface area contributed by atoms with Gasteiger partial charge in [-0.2, -0.15) is 0 Å². The van der Waals surface area contributed by atoms with Gasteiger partial charge < -0.3 is 9.47 Å². The minimum atomic E-state index is -0.0540. The van der Waals surface area contributed by atoms with Gasteiger partial charge in [-0.15, -0.1) is 0 Å². The Hall–Kier alpha value is -1.98. The smallest absolute Gasteiger partial charge is 0.213 e. The van der Waals surface area contributed by atoms with Gasteiger partial charge in [-0.1, -0.05) is 12.1 Å². The molecule has 5 heteroatoms. The average Bonchev–Trinajstić information content (AvgIpc) is 2.55. The van der Waals surface area contributed by atoms with E-state index in [-0.39, 0.29) is 11.7 Å². The summed E-state index contributed by atoms with van der Waals surface area (Å²) in [6, 6.07) is 12.0. The molecule has 24 heavy (non-hydrogen) atoms. The molecule has 1 atom stereocenters. The number of aromatic nitrogens is 2. The minimum absolute atomic E-state index is 0.0540. The summed E-state index contributed by atoms with van der Waals surface area (Å²) >= 11 is 0. The fourth-order valence-electron chi connectivity index (χ4n) is 3.69. The highest BCUT2D eigenvalue weighted by Gasteiger charge is 2.48. The molecular weight excluding hydrogens is 302 g/mol. The predicted octanol–water partition coefficient (Wildman–Crippen LogP) is 2.60. The number of likely N-dealkylation sites (tertiary alicyclic amines) is 1. The van der Waals surface area contributed by atoms with Crippen LogP contribution in [0.2, 0.25) is 0 Å². The van der Waals surface area contributed by atoms with Gasteiger partial charge in [0.15, 0.2) is 0 Å². The third kappa shape index (κ3) is 3.42. The van der Waals surface area contributed by atoms with Crippen molar-refractivity contribution in [1.82, 2.24) is 14.9 Å². The van der Waals surface area contributed by atoms with Crippen LogP contribution in [0.4, 0.5) is 0 Å². The van der Waals surface area contributed by atoms with E-state index in [9.17, 15) is 0 Å². The van der Waals surface area contributed by atoms with Gasteiger partial charge in [0.1, 0.15) is 6.10 Å². The number of nitrogens with zero attached hydrogens (tertiary/aromatic N) is 3. The first kappa shape index (κ1) is 15.5. The van der Waals surface area contributed by atoms with Gasteiger partial charge >= 0.3 is 0 Å². The van der Waals surface area contributed by atoms with Crippen LogP contribution in [0.25, 0.3) is 0 Å². The zero-order valence-electron chi connectivity index (χ0n) is 14.0. The maximum absolute atomic E-state index is 6.10. The number of hydrogen-bond acceptors (Lipinski definition) is 5. The van der Waals surface area contributed by atoms with Gasteiger partial charge in [-0.25, -0.2) is 4.98 Å². The maximum Gasteiger partial charge on any atom is 0.213 e. The second-order valence-corrected chi connectivity index (χ2v) is 6.85. The molecule has 2 aliphatic rings. The summed E-state index contributed by atoms with van der Waals surface area (Å²) in [5.41, 5.74) is 2.14. The highest BCUT2D eigenvalue weighted by molar-refractivity contribution is 5.13. The lowest BCUT2D eigenvalue weighted by Gasteiger charge is -2.53. The van der Waals surface area contributed by atoms with E-state index in [1.165, 1.54) is 0 Å². The molecule has 4 heterocycles. The zero-order valence-corrected chi connectivity index (χ0v) is 14.0. The molecule has 0 radical (unpaired) electrons. The summed E-state index contributed by atoms with van der Waals surface area (Å²) in [5, 5.41) is 0. The minimum Gasteiger partial charge on any atom is -0.474 e. The third-order valence-electron chi connectivity index (χ3n) is 4.73. The Bertz CT molecular complexity index is 686. The number of pyridine rings is 2. The van der Waals surface area contributed by atoms with E-state index in [2.05, 4.69) is 27.0 Å². The van der Waals surface area contributed by atoms with Crippen LogP contribution in [0.15, 0.2) is 42.6 Å². The van der Waals surface area contributed by atoms with Gasteiger partial charge in [0.2, 0.25) is 5.88 Å². The van der Waals surface area contributed by atoms with Crippen LogP contribution in [0.1, 0.15) is 24.2 Å². The molecule has 126 valence electrons. The summed E-state index contributed by atoms with van der Waals surface area (Å²) in [5.74, 6) is 0.708. The molecule has 2 aromatic heterocycles. The molecular formula is C19H23N3O2. The Kier molecular flexibility index (Phi) is 4.21. The van der Waals surface area contributed by atoms with E-state index >= 15 is 0 Å². The SMILES string of the molecule is Cc1cccc(CN2CC3(C[C@@H](Oc4ccccn4)CCO3)C2)n1. The van der Waals surface area contributed by atoms with Crippen molar-refractivity contribution in [3.05, 3.63) is 54.0 Å². The topological polar surface area (TPSA) is 47.5 Å². The maximum atomic E-state index is 6.10. The van der Waals surface area contributed by atoms with Crippen LogP contribution in [-0.2, 0) is 11.3 Å². The zero-order chi connectivity index (χ0) is 16.4. The van der Waals surface area contributed by atoms with Crippen molar-refractivity contribution in [3.63, 3.8) is 0 Å². The van der Waals surface area contributed by atoms with Gasteiger partial charge in [0.05, 0.1) is 17.9 Å². The number of aryl methyl sites for hydroxylation is 1. The van der Waals surface area contributed by atoms with Crippen molar-refractivity contribution in [1.29, 1.82) is 0 Å². The second-order valence-electron chi connectivity index (χ2n) is 6.85. The van der Waals surface area contributed by atoms with E-state index in [0.29, 0.717) is 5.88 Å². The molecule has 0 amide bonds. The largest absolute Gasteiger partial charge is 0.474 e. The molecule has 0 aliphatic carbocycles. The van der Waals surface area contributed by atoms with E-state index in [0.717, 1.165) is 50.5 Å². The third-order valence-corrected chi connectivity index (χ3v) is 4.73. The molecule has 5 nitrogen and oxygen atoms in total. The fraction of sp³-hybridized carbons (Fsp3) is 0.474. The number of rotatable bonds is 4. The molecule has 1 spiro atoms. The molecule has 4 rings (SSSR count). The fourth-order valence-corrected chi connectivity index (χ4v) is 3.69. The first-order valence-electron chi connectivity index (χ1n) is 8.57. The predicted molar refractivity (Wildman–Crippen MR) is 90.8 cm³/mol. The van der Waals surface area contributed by atoms with Gasteiger partial charge in [0.25, 0.3) is 0 Å². The first-order chi connectivity index (χ1) is 11.7. The van der Waals surface area contributed by atoms with Gasteiger partial charge in [-0.05, 0) is 25.1 Å². The quantitative estimate of drug-likeness (QED) is 0.865. The Labute approximate surface area is 142 Å². The highest BCUT2D eigenvalue weighted by atomic mass is 16.5. The Morgan fingerprint density at radius 1 is 1.25 bits per heavy atom. The van der Waals surface area contributed by atoms with Crippen molar-refractivity contribution >= 4 is 0 Å². The Morgan fingerprint density at radius 3 is 2.96 bits per heavy atom. The molecule has 0 saturated carbocycles. The Balaban J connectivity index is 1.32. The summed E-state index contributed by atoms with van der Waals surface area (Å²) in [6.07, 6.45) is 3.82. The average molecular weight is 325 g/mol. The van der Waals surface area contributed by atoms with Gasteiger partial charge in [0, 0.05) is 50.4 Å². The van der Waals surface area contributed by atoms with Crippen molar-refractivity contribution < 1.29 is 9.47 Å². The second kappa shape index (κ2) is 6.49. The van der Waals surface area contributed by atoms with Crippen molar-refractivity contribution in [2.75, 3.05) is 19.7 Å². The molecule has 0 aromatic carbocycles. The van der Waals surface area contributed by atoms with Crippen LogP contribution in [0, 0.1) is 6.92 Å². The van der Waals surface area contributed by atoms with E-state index in [1.54, 1.807) is 6.20 Å². The van der Waals surface area contributed by atoms with E-state index in [1.807, 2.05) is 31.2 Å². The highest BCUT2D eigenvalue weighted by Crippen LogP contribution is 2.36. The monoisotopic (exact) mass is 325 g/mol. The van der Waals surface area contributed by atoms with E-state index < -0.39 is 0 Å². The van der Waals surface area contributed by atoms with Crippen LogP contribution < -0.4 is 4.74 Å². The molecule has 0 bridgehead atoms. The lowest BCUT2D eigenvalue weighted by molar-refractivity contribution is -0.188. The van der Waals surface area contributed by atoms with Crippen LogP contribution in [0.5, 0.6) is 5.88 Å². The molecule has 2 fully saturated rings. The summed E-state index contributed by atoms with van der Waals surface area (Å²) in [7, 11) is 0. The normalized spacial score (nSPS) is 23.0. The lowest BCUT2D eigenvalue weighted by Crippen LogP contribution is -2.65. The number of ether oxygens (including phenoxy) is 2. The molecule has 2 saturated heterocycles. The van der Waals surface area contributed by atoms with Gasteiger partial charge in [-0.3, -0.25) is 9.88 Å². The first-order valence-corrected chi connectivity index (χ1v) is 8.57. The molecule has 0 unspecified atom stereocenters. The summed E-state index contributed by atoms with van der Waals surface area (Å²) in [6.45, 7) is 5.58. The standard InChI is InChI=1S/C19H23N3O2/c1-15-5-4-6-16(21-15)12-22-13-19(14-22)11-17(8-10-23-19)24-18-7-2-3-9-20-18/h2-7,9,17H,8,10-14H2,1H3/t17-/m0/s1. The Morgan fingerprint density at radius 2 is 2.17 bits per heavy atom. The molecule has 2 aromatic rings. The lowest BCUT2D eigenvalue weighted by atomic mass is 9.84. The van der Waals surface area contributed by atoms with Crippen LogP contribution in [-0.4, -0.2) is 46.3 Å². The van der Waals surface area contributed by atoms with Crippen molar-refractivity contribution in [2.45, 2.75) is 38.0 Å². The van der Waals surface area contributed by atoms with Crippen LogP contribution in [0.3, 0.4) is 0 Å². The summed E-state index contributed by atoms with van der Waals surface area (Å²) < 4.78 is 12.1. The van der Waals surface area contributed by atoms with Crippen LogP contribution >= 0.6 is 0 Å². The molecule has 2 aliphatic heterocycles.